The number of esters is 1. The van der Waals surface area contributed by atoms with Crippen LogP contribution < -0.4 is 16.0 Å². The van der Waals surface area contributed by atoms with Crippen molar-refractivity contribution in [3.63, 3.8) is 0 Å². The van der Waals surface area contributed by atoms with Gasteiger partial charge in [-0.25, -0.2) is 19.2 Å². The van der Waals surface area contributed by atoms with Crippen LogP contribution in [0.25, 0.3) is 10.9 Å². The molecule has 1 aromatic heterocycles. The Bertz CT molecular complexity index is 1360. The van der Waals surface area contributed by atoms with E-state index in [-0.39, 0.29) is 18.9 Å². The van der Waals surface area contributed by atoms with Gasteiger partial charge in [-0.15, -0.1) is 0 Å². The number of rotatable bonds is 9. The van der Waals surface area contributed by atoms with Crippen molar-refractivity contribution in [2.45, 2.75) is 65.5 Å². The minimum absolute atomic E-state index is 0.0940. The van der Waals surface area contributed by atoms with E-state index in [2.05, 4.69) is 16.0 Å². The van der Waals surface area contributed by atoms with Gasteiger partial charge in [0.25, 0.3) is 0 Å². The molecule has 11 heteroatoms. The Morgan fingerprint density at radius 2 is 1.56 bits per heavy atom. The molecule has 0 aliphatic carbocycles. The first kappa shape index (κ1) is 31.0. The number of amides is 3. The van der Waals surface area contributed by atoms with Crippen molar-refractivity contribution in [1.82, 2.24) is 20.5 Å². The summed E-state index contributed by atoms with van der Waals surface area (Å²) in [7, 11) is 1.24. The van der Waals surface area contributed by atoms with Gasteiger partial charge in [-0.3, -0.25) is 4.57 Å². The third-order valence-corrected chi connectivity index (χ3v) is 6.03. The van der Waals surface area contributed by atoms with Crippen LogP contribution in [-0.2, 0) is 32.0 Å². The van der Waals surface area contributed by atoms with E-state index >= 15 is 0 Å². The summed E-state index contributed by atoms with van der Waals surface area (Å²) in [5.41, 5.74) is 1.34. The number of carbonyl (C=O) groups excluding carboxylic acids is 4. The third kappa shape index (κ3) is 8.99. The zero-order valence-electron chi connectivity index (χ0n) is 24.2. The molecule has 0 aliphatic heterocycles. The summed E-state index contributed by atoms with van der Waals surface area (Å²) in [4.78, 5) is 50.8. The smallest absolute Gasteiger partial charge is 0.418 e. The minimum atomic E-state index is -0.963. The monoisotopic (exact) mass is 566 g/mol. The number of carbonyl (C=O) groups is 4. The Kier molecular flexibility index (Phi) is 10.3. The fourth-order valence-corrected chi connectivity index (χ4v) is 4.13. The lowest BCUT2D eigenvalue weighted by molar-refractivity contribution is -0.144. The first-order chi connectivity index (χ1) is 19.4. The van der Waals surface area contributed by atoms with Crippen LogP contribution in [0, 0.1) is 5.92 Å². The van der Waals surface area contributed by atoms with E-state index < -0.39 is 42.0 Å². The summed E-state index contributed by atoms with van der Waals surface area (Å²) < 4.78 is 17.1. The van der Waals surface area contributed by atoms with E-state index in [1.807, 2.05) is 42.5 Å². The maximum atomic E-state index is 13.0. The Hall–Kier alpha value is -4.54. The zero-order valence-corrected chi connectivity index (χ0v) is 24.2. The molecule has 3 rings (SSSR count). The molecule has 2 atom stereocenters. The lowest BCUT2D eigenvalue weighted by Crippen LogP contribution is -2.56. The van der Waals surface area contributed by atoms with Crippen molar-refractivity contribution < 1.29 is 33.4 Å². The van der Waals surface area contributed by atoms with E-state index in [4.69, 9.17) is 14.2 Å². The number of aromatic nitrogens is 1. The van der Waals surface area contributed by atoms with Gasteiger partial charge in [-0.2, -0.15) is 0 Å². The van der Waals surface area contributed by atoms with E-state index in [0.717, 1.165) is 10.9 Å². The number of urea groups is 1. The summed E-state index contributed by atoms with van der Waals surface area (Å²) in [5.74, 6) is -0.839. The van der Waals surface area contributed by atoms with Gasteiger partial charge in [0.1, 0.15) is 24.4 Å². The molecule has 1 heterocycles. The topological polar surface area (TPSA) is 137 Å². The number of methoxy groups -OCH3 is 1. The Labute approximate surface area is 239 Å². The molecule has 3 N–H and O–H groups in total. The van der Waals surface area contributed by atoms with Gasteiger partial charge in [0.05, 0.1) is 12.6 Å². The molecule has 0 radical (unpaired) electrons. The predicted octanol–water partition coefficient (Wildman–Crippen LogP) is 4.72. The second-order valence-corrected chi connectivity index (χ2v) is 10.8. The number of nitrogens with zero attached hydrogens (tertiary/aromatic N) is 1. The Morgan fingerprint density at radius 1 is 0.902 bits per heavy atom. The number of alkyl carbamates (subject to hydrolysis) is 1. The summed E-state index contributed by atoms with van der Waals surface area (Å²) in [6.45, 7) is 8.80. The van der Waals surface area contributed by atoms with E-state index in [9.17, 15) is 19.2 Å². The van der Waals surface area contributed by atoms with Gasteiger partial charge >= 0.3 is 24.2 Å². The van der Waals surface area contributed by atoms with Crippen LogP contribution >= 0.6 is 0 Å². The molecule has 3 aromatic rings. The van der Waals surface area contributed by atoms with Crippen molar-refractivity contribution in [2.24, 2.45) is 5.92 Å². The zero-order chi connectivity index (χ0) is 30.2. The van der Waals surface area contributed by atoms with Crippen LogP contribution in [-0.4, -0.2) is 53.7 Å². The molecular formula is C30H38N4O7. The highest BCUT2D eigenvalue weighted by Gasteiger charge is 2.28. The van der Waals surface area contributed by atoms with Gasteiger partial charge < -0.3 is 30.2 Å². The van der Waals surface area contributed by atoms with Crippen LogP contribution in [0.1, 0.15) is 45.7 Å². The van der Waals surface area contributed by atoms with Gasteiger partial charge in [0, 0.05) is 18.0 Å². The lowest BCUT2D eigenvalue weighted by atomic mass is 10.1. The molecule has 2 aromatic carbocycles. The molecule has 0 unspecified atom stereocenters. The standard InChI is InChI=1S/C30H38N4O7/c1-19(2)25(26(35)39-6)33-27(36)31-24(32-28(37)41-30(3,4)5)16-21-17-34(23-15-11-10-14-22(21)23)29(38)40-18-20-12-8-7-9-13-20/h7-15,17,19,24-25H,16,18H2,1-6H3,(H,32,37)(H2,31,33,36)/t24-,25+/m1/s1. The number of hydrogen-bond acceptors (Lipinski definition) is 7. The van der Waals surface area contributed by atoms with Crippen molar-refractivity contribution >= 4 is 35.1 Å². The summed E-state index contributed by atoms with van der Waals surface area (Å²) >= 11 is 0. The highest BCUT2D eigenvalue weighted by molar-refractivity contribution is 5.92. The molecule has 3 amide bonds. The van der Waals surface area contributed by atoms with Crippen LogP contribution in [0.15, 0.2) is 60.8 Å². The maximum Gasteiger partial charge on any atom is 0.418 e. The fraction of sp³-hybridized carbons (Fsp3) is 0.400. The van der Waals surface area contributed by atoms with Crippen molar-refractivity contribution in [2.75, 3.05) is 7.11 Å². The normalized spacial score (nSPS) is 12.8. The molecule has 0 saturated heterocycles. The molecule has 41 heavy (non-hydrogen) atoms. The molecular weight excluding hydrogens is 528 g/mol. The van der Waals surface area contributed by atoms with E-state index in [1.54, 1.807) is 52.9 Å². The maximum absolute atomic E-state index is 13.0. The number of fused-ring (bicyclic) bond motifs is 1. The first-order valence-electron chi connectivity index (χ1n) is 13.3. The summed E-state index contributed by atoms with van der Waals surface area (Å²) in [6.07, 6.45) is -0.572. The molecule has 220 valence electrons. The Morgan fingerprint density at radius 3 is 2.20 bits per heavy atom. The van der Waals surface area contributed by atoms with E-state index in [1.165, 1.54) is 11.7 Å². The molecule has 0 saturated carbocycles. The number of hydrogen-bond donors (Lipinski definition) is 3. The van der Waals surface area contributed by atoms with Crippen molar-refractivity contribution in [3.05, 3.63) is 71.9 Å². The highest BCUT2D eigenvalue weighted by Crippen LogP contribution is 2.23. The summed E-state index contributed by atoms with van der Waals surface area (Å²) in [5, 5.41) is 8.71. The number of ether oxygens (including phenoxy) is 3. The minimum Gasteiger partial charge on any atom is -0.467 e. The predicted molar refractivity (Wildman–Crippen MR) is 153 cm³/mol. The molecule has 0 bridgehead atoms. The number of benzene rings is 2. The molecule has 0 aliphatic rings. The molecule has 0 fully saturated rings. The van der Waals surface area contributed by atoms with Crippen molar-refractivity contribution in [1.29, 1.82) is 0 Å². The fourth-order valence-electron chi connectivity index (χ4n) is 4.13. The Balaban J connectivity index is 1.85. The van der Waals surface area contributed by atoms with Crippen LogP contribution in [0.4, 0.5) is 14.4 Å². The van der Waals surface area contributed by atoms with E-state index in [0.29, 0.717) is 11.1 Å². The average Bonchev–Trinajstić information content (AvgIpc) is 3.27. The lowest BCUT2D eigenvalue weighted by Gasteiger charge is -2.26. The third-order valence-electron chi connectivity index (χ3n) is 6.03. The van der Waals surface area contributed by atoms with Gasteiger partial charge in [0.15, 0.2) is 0 Å². The molecule has 0 spiro atoms. The van der Waals surface area contributed by atoms with Crippen molar-refractivity contribution in [3.8, 4) is 0 Å². The highest BCUT2D eigenvalue weighted by atomic mass is 16.6. The molecule has 11 nitrogen and oxygen atoms in total. The van der Waals surface area contributed by atoms with Crippen LogP contribution in [0.2, 0.25) is 0 Å². The number of nitrogens with one attached hydrogen (secondary N) is 3. The number of para-hydroxylation sites is 1. The average molecular weight is 567 g/mol. The second kappa shape index (κ2) is 13.7. The van der Waals surface area contributed by atoms with Gasteiger partial charge in [-0.05, 0) is 43.9 Å². The quantitative estimate of drug-likeness (QED) is 0.194. The van der Waals surface area contributed by atoms with Crippen LogP contribution in [0.3, 0.4) is 0 Å². The largest absolute Gasteiger partial charge is 0.467 e. The summed E-state index contributed by atoms with van der Waals surface area (Å²) in [6, 6.07) is 15.0. The van der Waals surface area contributed by atoms with Crippen LogP contribution in [0.5, 0.6) is 0 Å². The van der Waals surface area contributed by atoms with Gasteiger partial charge in [-0.1, -0.05) is 62.4 Å². The first-order valence-corrected chi connectivity index (χ1v) is 13.3. The van der Waals surface area contributed by atoms with Gasteiger partial charge in [0.2, 0.25) is 0 Å². The second-order valence-electron chi connectivity index (χ2n) is 10.8. The SMILES string of the molecule is COC(=O)[C@@H](NC(=O)N[C@@H](Cc1cn(C(=O)OCc2ccccc2)c2ccccc12)NC(=O)OC(C)(C)C)C(C)C.